The summed E-state index contributed by atoms with van der Waals surface area (Å²) in [4.78, 5) is 26.6. The minimum absolute atomic E-state index is 0.234. The van der Waals surface area contributed by atoms with Gasteiger partial charge in [0, 0.05) is 33.6 Å². The molecule has 4 aromatic rings. The molecule has 0 spiro atoms. The third-order valence-electron chi connectivity index (χ3n) is 4.82. The van der Waals surface area contributed by atoms with E-state index in [1.54, 1.807) is 6.07 Å². The summed E-state index contributed by atoms with van der Waals surface area (Å²) < 4.78 is 11.2. The van der Waals surface area contributed by atoms with Crippen LogP contribution in [0.2, 0.25) is 0 Å². The van der Waals surface area contributed by atoms with Gasteiger partial charge in [-0.2, -0.15) is 0 Å². The lowest BCUT2D eigenvalue weighted by atomic mass is 9.93. The standard InChI is InChI=1S/C23H15NO4S/c1-12-7-9-14(10-8-12)29-18-11-17(26)19-20-21(18)24-28-23(20)16-6-4-3-5-15(16)22(19)27-13(2)25/h3-11H,1-2H3. The van der Waals surface area contributed by atoms with Crippen LogP contribution in [-0.4, -0.2) is 16.9 Å². The third kappa shape index (κ3) is 2.84. The van der Waals surface area contributed by atoms with Gasteiger partial charge in [0.1, 0.15) is 5.69 Å². The fourth-order valence-electron chi connectivity index (χ4n) is 3.56. The van der Waals surface area contributed by atoms with Crippen molar-refractivity contribution < 1.29 is 18.8 Å². The predicted octanol–water partition coefficient (Wildman–Crippen LogP) is 5.54. The third-order valence-corrected chi connectivity index (χ3v) is 5.86. The van der Waals surface area contributed by atoms with E-state index in [1.165, 1.54) is 24.8 Å². The number of thioether (sulfide) groups is 1. The number of aryl methyl sites for hydroxylation is 1. The summed E-state index contributed by atoms with van der Waals surface area (Å²) >= 11 is 1.45. The zero-order valence-corrected chi connectivity index (χ0v) is 16.5. The molecule has 5 nitrogen and oxygen atoms in total. The molecule has 142 valence electrons. The number of esters is 1. The number of hydrogen-bond donors (Lipinski definition) is 0. The molecule has 0 bridgehead atoms. The first kappa shape index (κ1) is 17.7. The summed E-state index contributed by atoms with van der Waals surface area (Å²) in [5.74, 6) is -0.464. The van der Waals surface area contributed by atoms with Crippen molar-refractivity contribution in [1.29, 1.82) is 0 Å². The predicted molar refractivity (Wildman–Crippen MR) is 112 cm³/mol. The van der Waals surface area contributed by atoms with Crippen LogP contribution in [0, 0.1) is 6.92 Å². The lowest BCUT2D eigenvalue weighted by molar-refractivity contribution is -0.131. The molecule has 0 radical (unpaired) electrons. The Bertz CT molecular complexity index is 1350. The van der Waals surface area contributed by atoms with Crippen molar-refractivity contribution in [3.8, 4) is 5.75 Å². The van der Waals surface area contributed by atoms with E-state index < -0.39 is 5.97 Å². The van der Waals surface area contributed by atoms with E-state index in [-0.39, 0.29) is 11.5 Å². The molecule has 1 aliphatic carbocycles. The van der Waals surface area contributed by atoms with Crippen LogP contribution >= 0.6 is 11.8 Å². The minimum atomic E-state index is -0.486. The lowest BCUT2D eigenvalue weighted by Crippen LogP contribution is -2.10. The van der Waals surface area contributed by atoms with E-state index in [2.05, 4.69) is 5.16 Å². The Balaban J connectivity index is 1.76. The molecule has 5 rings (SSSR count). The van der Waals surface area contributed by atoms with Crippen LogP contribution in [0.4, 0.5) is 0 Å². The number of aromatic nitrogens is 1. The normalized spacial score (nSPS) is 13.0. The van der Waals surface area contributed by atoms with Crippen LogP contribution in [0.3, 0.4) is 0 Å². The molecule has 6 heteroatoms. The van der Waals surface area contributed by atoms with Crippen LogP contribution < -0.4 is 4.74 Å². The first-order valence-electron chi connectivity index (χ1n) is 9.06. The van der Waals surface area contributed by atoms with Gasteiger partial charge in [-0.1, -0.05) is 58.9 Å². The minimum Gasteiger partial charge on any atom is -0.425 e. The molecule has 1 aliphatic rings. The number of fused-ring (bicyclic) bond motifs is 2. The Kier molecular flexibility index (Phi) is 4.03. The molecule has 0 fully saturated rings. The molecule has 0 amide bonds. The highest BCUT2D eigenvalue weighted by molar-refractivity contribution is 8.08. The summed E-state index contributed by atoms with van der Waals surface area (Å²) in [5, 5.41) is 6.24. The SMILES string of the molecule is CC(=O)Oc1c2c3c(noc3c3ccccc13)C(Sc1ccc(C)cc1)=CC2=O. The van der Waals surface area contributed by atoms with Gasteiger partial charge in [0.15, 0.2) is 17.1 Å². The fourth-order valence-corrected chi connectivity index (χ4v) is 4.48. The number of hydrogen-bond acceptors (Lipinski definition) is 6. The Hall–Kier alpha value is -3.38. The fraction of sp³-hybridized carbons (Fsp3) is 0.0870. The lowest BCUT2D eigenvalue weighted by Gasteiger charge is -2.16. The van der Waals surface area contributed by atoms with Crippen molar-refractivity contribution in [1.82, 2.24) is 5.16 Å². The summed E-state index contributed by atoms with van der Waals surface area (Å²) in [6.45, 7) is 3.35. The average molecular weight is 401 g/mol. The Morgan fingerprint density at radius 3 is 2.52 bits per heavy atom. The van der Waals surface area contributed by atoms with Crippen LogP contribution in [-0.2, 0) is 4.79 Å². The number of ketones is 1. The van der Waals surface area contributed by atoms with E-state index in [0.29, 0.717) is 32.5 Å². The van der Waals surface area contributed by atoms with Gasteiger partial charge < -0.3 is 9.26 Å². The average Bonchev–Trinajstić information content (AvgIpc) is 3.14. The van der Waals surface area contributed by atoms with Crippen molar-refractivity contribution in [2.75, 3.05) is 0 Å². The summed E-state index contributed by atoms with van der Waals surface area (Å²) in [6, 6.07) is 15.4. The van der Waals surface area contributed by atoms with Gasteiger partial charge in [0.2, 0.25) is 0 Å². The van der Waals surface area contributed by atoms with Gasteiger partial charge >= 0.3 is 5.97 Å². The zero-order chi connectivity index (χ0) is 20.1. The van der Waals surface area contributed by atoms with Gasteiger partial charge in [0.25, 0.3) is 0 Å². The molecular formula is C23H15NO4S. The molecule has 0 saturated heterocycles. The van der Waals surface area contributed by atoms with Crippen molar-refractivity contribution >= 4 is 50.2 Å². The summed E-state index contributed by atoms with van der Waals surface area (Å²) in [7, 11) is 0. The van der Waals surface area contributed by atoms with Gasteiger partial charge in [0.05, 0.1) is 10.9 Å². The van der Waals surface area contributed by atoms with Crippen LogP contribution in [0.5, 0.6) is 5.75 Å². The first-order chi connectivity index (χ1) is 14.0. The second-order valence-electron chi connectivity index (χ2n) is 6.87. The first-order valence-corrected chi connectivity index (χ1v) is 9.88. The van der Waals surface area contributed by atoms with Crippen molar-refractivity contribution in [3.63, 3.8) is 0 Å². The Morgan fingerprint density at radius 1 is 1.07 bits per heavy atom. The van der Waals surface area contributed by atoms with E-state index in [4.69, 9.17) is 9.26 Å². The molecule has 0 unspecified atom stereocenters. The van der Waals surface area contributed by atoms with Crippen LogP contribution in [0.1, 0.15) is 28.5 Å². The van der Waals surface area contributed by atoms with E-state index in [1.807, 2.05) is 49.4 Å². The zero-order valence-electron chi connectivity index (χ0n) is 15.7. The maximum absolute atomic E-state index is 13.1. The van der Waals surface area contributed by atoms with Crippen molar-refractivity contribution in [3.05, 3.63) is 71.4 Å². The number of carbonyl (C=O) groups is 2. The van der Waals surface area contributed by atoms with E-state index >= 15 is 0 Å². The topological polar surface area (TPSA) is 69.4 Å². The monoisotopic (exact) mass is 401 g/mol. The molecule has 0 saturated carbocycles. The second-order valence-corrected chi connectivity index (χ2v) is 7.98. The van der Waals surface area contributed by atoms with Gasteiger partial charge in [-0.15, -0.1) is 0 Å². The molecule has 3 aromatic carbocycles. The van der Waals surface area contributed by atoms with Gasteiger partial charge in [-0.3, -0.25) is 9.59 Å². The van der Waals surface area contributed by atoms with E-state index in [9.17, 15) is 9.59 Å². The van der Waals surface area contributed by atoms with Crippen LogP contribution in [0.25, 0.3) is 26.6 Å². The van der Waals surface area contributed by atoms with Crippen molar-refractivity contribution in [2.24, 2.45) is 0 Å². The number of ether oxygens (including phenoxy) is 1. The number of nitrogens with zero attached hydrogens (tertiary/aromatic N) is 1. The highest BCUT2D eigenvalue weighted by Gasteiger charge is 2.31. The molecule has 0 aliphatic heterocycles. The van der Waals surface area contributed by atoms with Crippen LogP contribution in [0.15, 0.2) is 64.0 Å². The molecule has 0 atom stereocenters. The number of rotatable bonds is 3. The Labute approximate surface area is 170 Å². The summed E-state index contributed by atoms with van der Waals surface area (Å²) in [5.41, 5.74) is 2.58. The maximum atomic E-state index is 13.1. The number of allylic oxidation sites excluding steroid dienone is 1. The molecular weight excluding hydrogens is 386 g/mol. The highest BCUT2D eigenvalue weighted by Crippen LogP contribution is 2.47. The molecule has 29 heavy (non-hydrogen) atoms. The highest BCUT2D eigenvalue weighted by atomic mass is 32.2. The molecule has 1 heterocycles. The largest absolute Gasteiger partial charge is 0.425 e. The second kappa shape index (κ2) is 6.60. The number of carbonyl (C=O) groups excluding carboxylic acids is 2. The number of benzene rings is 3. The summed E-state index contributed by atoms with van der Waals surface area (Å²) in [6.07, 6.45) is 1.53. The van der Waals surface area contributed by atoms with Gasteiger partial charge in [-0.25, -0.2) is 0 Å². The molecule has 0 N–H and O–H groups in total. The Morgan fingerprint density at radius 2 is 1.79 bits per heavy atom. The van der Waals surface area contributed by atoms with E-state index in [0.717, 1.165) is 15.8 Å². The quantitative estimate of drug-likeness (QED) is 0.331. The smallest absolute Gasteiger partial charge is 0.308 e. The maximum Gasteiger partial charge on any atom is 0.308 e. The molecule has 1 aromatic heterocycles. The van der Waals surface area contributed by atoms with Gasteiger partial charge in [-0.05, 0) is 19.1 Å². The van der Waals surface area contributed by atoms with Crippen molar-refractivity contribution in [2.45, 2.75) is 18.7 Å².